The number of rotatable bonds is 15. The first-order valence-electron chi connectivity index (χ1n) is 8.38. The number of allylic oxidation sites excluding steroid dienone is 2. The number of carboxylic acid groups (broad SMARTS) is 1. The lowest BCUT2D eigenvalue weighted by atomic mass is 10.1. The Morgan fingerprint density at radius 3 is 2.29 bits per heavy atom. The molecule has 0 aliphatic carbocycles. The van der Waals surface area contributed by atoms with Crippen LogP contribution in [0.1, 0.15) is 77.6 Å². The van der Waals surface area contributed by atoms with Crippen molar-refractivity contribution in [3.63, 3.8) is 0 Å². The molecule has 0 aliphatic heterocycles. The number of hydrogen-bond acceptors (Lipinski definition) is 2. The van der Waals surface area contributed by atoms with Gasteiger partial charge in [-0.05, 0) is 32.1 Å². The van der Waals surface area contributed by atoms with Crippen molar-refractivity contribution in [3.05, 3.63) is 12.2 Å². The predicted molar refractivity (Wildman–Crippen MR) is 91.1 cm³/mol. The molecule has 0 saturated carbocycles. The lowest BCUT2D eigenvalue weighted by Gasteiger charge is -1.99. The third kappa shape index (κ3) is 17.3. The van der Waals surface area contributed by atoms with Crippen LogP contribution in [0.5, 0.6) is 0 Å². The van der Waals surface area contributed by atoms with Gasteiger partial charge in [-0.2, -0.15) is 0 Å². The van der Waals surface area contributed by atoms with E-state index in [4.69, 9.17) is 5.11 Å². The van der Waals surface area contributed by atoms with Crippen LogP contribution in [-0.4, -0.2) is 26.8 Å². The molecule has 1 unspecified atom stereocenters. The van der Waals surface area contributed by atoms with Gasteiger partial charge in [-0.3, -0.25) is 9.00 Å². The van der Waals surface area contributed by atoms with Gasteiger partial charge in [-0.25, -0.2) is 0 Å². The number of aliphatic carboxylic acids is 1. The smallest absolute Gasteiger partial charge is 0.303 e. The average molecular weight is 317 g/mol. The quantitative estimate of drug-likeness (QED) is 0.352. The Balaban J connectivity index is 3.25. The second-order valence-corrected chi connectivity index (χ2v) is 7.21. The summed E-state index contributed by atoms with van der Waals surface area (Å²) >= 11 is 0. The highest BCUT2D eigenvalue weighted by atomic mass is 32.2. The minimum atomic E-state index is -0.690. The van der Waals surface area contributed by atoms with Gasteiger partial charge in [-0.1, -0.05) is 51.2 Å². The highest BCUT2D eigenvalue weighted by Crippen LogP contribution is 2.08. The van der Waals surface area contributed by atoms with Gasteiger partial charge in [0.25, 0.3) is 0 Å². The van der Waals surface area contributed by atoms with Crippen LogP contribution in [0.4, 0.5) is 0 Å². The molecule has 0 radical (unpaired) electrons. The number of hydrogen-bond donors (Lipinski definition) is 1. The van der Waals surface area contributed by atoms with Crippen molar-refractivity contribution in [2.24, 2.45) is 0 Å². The van der Waals surface area contributed by atoms with E-state index < -0.39 is 16.8 Å². The van der Waals surface area contributed by atoms with E-state index in [1.165, 1.54) is 25.7 Å². The summed E-state index contributed by atoms with van der Waals surface area (Å²) in [5, 5.41) is 8.51. The van der Waals surface area contributed by atoms with Gasteiger partial charge in [0.15, 0.2) is 0 Å². The Labute approximate surface area is 132 Å². The fourth-order valence-electron chi connectivity index (χ4n) is 2.12. The Kier molecular flexibility index (Phi) is 15.3. The average Bonchev–Trinajstić information content (AvgIpc) is 2.44. The summed E-state index contributed by atoms with van der Waals surface area (Å²) in [6.07, 6.45) is 15.4. The molecule has 0 spiro atoms. The molecule has 0 aromatic rings. The fraction of sp³-hybridized carbons (Fsp3) is 0.824. The number of carboxylic acids is 1. The first-order chi connectivity index (χ1) is 10.2. The van der Waals surface area contributed by atoms with Crippen LogP contribution in [-0.2, 0) is 15.6 Å². The van der Waals surface area contributed by atoms with E-state index in [9.17, 15) is 9.00 Å². The third-order valence-corrected chi connectivity index (χ3v) is 4.85. The van der Waals surface area contributed by atoms with E-state index in [-0.39, 0.29) is 0 Å². The molecule has 124 valence electrons. The second-order valence-electron chi connectivity index (χ2n) is 5.52. The summed E-state index contributed by atoms with van der Waals surface area (Å²) in [4.78, 5) is 10.3. The second kappa shape index (κ2) is 15.7. The molecule has 0 aromatic carbocycles. The summed E-state index contributed by atoms with van der Waals surface area (Å²) in [5.74, 6) is 0.970. The monoisotopic (exact) mass is 316 g/mol. The first kappa shape index (κ1) is 20.4. The number of unbranched alkanes of at least 4 members (excludes halogenated alkanes) is 7. The normalized spacial score (nSPS) is 12.8. The SMILES string of the molecule is CCCCCS(=O)CC/C=C/CCCCCCCC(=O)O. The molecule has 0 aliphatic rings. The molecule has 3 nitrogen and oxygen atoms in total. The summed E-state index contributed by atoms with van der Waals surface area (Å²) < 4.78 is 11.6. The minimum Gasteiger partial charge on any atom is -0.481 e. The van der Waals surface area contributed by atoms with Gasteiger partial charge in [0.2, 0.25) is 0 Å². The Morgan fingerprint density at radius 2 is 1.57 bits per heavy atom. The maximum absolute atomic E-state index is 11.6. The molecule has 21 heavy (non-hydrogen) atoms. The summed E-state index contributed by atoms with van der Waals surface area (Å²) in [5.41, 5.74) is 0. The van der Waals surface area contributed by atoms with Crippen LogP contribution in [0.25, 0.3) is 0 Å². The van der Waals surface area contributed by atoms with Crippen molar-refractivity contribution < 1.29 is 14.1 Å². The molecule has 0 bridgehead atoms. The van der Waals surface area contributed by atoms with Crippen LogP contribution in [0.15, 0.2) is 12.2 Å². The minimum absolute atomic E-state index is 0.301. The Morgan fingerprint density at radius 1 is 0.905 bits per heavy atom. The zero-order valence-electron chi connectivity index (χ0n) is 13.5. The standard InChI is InChI=1S/C17H32O3S/c1-2-3-12-15-21(20)16-13-10-8-6-4-5-7-9-11-14-17(18)19/h8,10H,2-7,9,11-16H2,1H3,(H,18,19)/b10-8+. The van der Waals surface area contributed by atoms with Crippen LogP contribution >= 0.6 is 0 Å². The maximum Gasteiger partial charge on any atom is 0.303 e. The van der Waals surface area contributed by atoms with E-state index in [2.05, 4.69) is 19.1 Å². The molecule has 0 saturated heterocycles. The van der Waals surface area contributed by atoms with E-state index in [1.807, 2.05) is 0 Å². The van der Waals surface area contributed by atoms with Gasteiger partial charge in [-0.15, -0.1) is 0 Å². The molecule has 0 heterocycles. The Bertz CT molecular complexity index is 300. The predicted octanol–water partition coefficient (Wildman–Crippen LogP) is 4.69. The van der Waals surface area contributed by atoms with E-state index in [1.54, 1.807) is 0 Å². The summed E-state index contributed by atoms with van der Waals surface area (Å²) in [7, 11) is -0.637. The van der Waals surface area contributed by atoms with Crippen molar-refractivity contribution in [2.45, 2.75) is 77.6 Å². The van der Waals surface area contributed by atoms with Gasteiger partial charge < -0.3 is 5.11 Å². The molecule has 0 rings (SSSR count). The summed E-state index contributed by atoms with van der Waals surface area (Å²) in [6.45, 7) is 2.16. The van der Waals surface area contributed by atoms with Crippen molar-refractivity contribution in [1.82, 2.24) is 0 Å². The van der Waals surface area contributed by atoms with Crippen molar-refractivity contribution in [1.29, 1.82) is 0 Å². The maximum atomic E-state index is 11.6. The van der Waals surface area contributed by atoms with Crippen LogP contribution in [0.3, 0.4) is 0 Å². The van der Waals surface area contributed by atoms with Crippen LogP contribution in [0.2, 0.25) is 0 Å². The van der Waals surface area contributed by atoms with Gasteiger partial charge in [0.05, 0.1) is 0 Å². The lowest BCUT2D eigenvalue weighted by Crippen LogP contribution is -2.01. The zero-order valence-corrected chi connectivity index (χ0v) is 14.3. The fourth-order valence-corrected chi connectivity index (χ4v) is 3.25. The molecular formula is C17H32O3S. The number of carbonyl (C=O) groups is 1. The molecular weight excluding hydrogens is 284 g/mol. The highest BCUT2D eigenvalue weighted by Gasteiger charge is 1.97. The zero-order chi connectivity index (χ0) is 15.8. The molecule has 0 fully saturated rings. The molecule has 0 aromatic heterocycles. The third-order valence-electron chi connectivity index (χ3n) is 3.42. The van der Waals surface area contributed by atoms with Crippen LogP contribution in [0, 0.1) is 0 Å². The molecule has 0 amide bonds. The Hall–Kier alpha value is -0.640. The molecule has 4 heteroatoms. The topological polar surface area (TPSA) is 54.4 Å². The van der Waals surface area contributed by atoms with Gasteiger partial charge in [0.1, 0.15) is 0 Å². The van der Waals surface area contributed by atoms with Gasteiger partial charge in [0, 0.05) is 28.7 Å². The first-order valence-corrected chi connectivity index (χ1v) is 9.87. The van der Waals surface area contributed by atoms with Crippen LogP contribution < -0.4 is 0 Å². The molecule has 1 atom stereocenters. The summed E-state index contributed by atoms with van der Waals surface area (Å²) in [6, 6.07) is 0. The van der Waals surface area contributed by atoms with E-state index >= 15 is 0 Å². The van der Waals surface area contributed by atoms with Gasteiger partial charge >= 0.3 is 5.97 Å². The lowest BCUT2D eigenvalue weighted by molar-refractivity contribution is -0.137. The van der Waals surface area contributed by atoms with E-state index in [0.717, 1.165) is 50.0 Å². The highest BCUT2D eigenvalue weighted by molar-refractivity contribution is 7.84. The molecule has 1 N–H and O–H groups in total. The van der Waals surface area contributed by atoms with E-state index in [0.29, 0.717) is 6.42 Å². The van der Waals surface area contributed by atoms with Crippen molar-refractivity contribution >= 4 is 16.8 Å². The largest absolute Gasteiger partial charge is 0.481 e. The van der Waals surface area contributed by atoms with Crippen molar-refractivity contribution in [2.75, 3.05) is 11.5 Å². The van der Waals surface area contributed by atoms with Crippen molar-refractivity contribution in [3.8, 4) is 0 Å².